The molecule has 0 bridgehead atoms. The van der Waals surface area contributed by atoms with Gasteiger partial charge in [-0.3, -0.25) is 4.90 Å². The van der Waals surface area contributed by atoms with Gasteiger partial charge in [-0.25, -0.2) is 8.78 Å². The van der Waals surface area contributed by atoms with Crippen LogP contribution in [0, 0.1) is 11.6 Å². The number of hydrogen-bond acceptors (Lipinski definition) is 3. The highest BCUT2D eigenvalue weighted by Gasteiger charge is 2.26. The van der Waals surface area contributed by atoms with Gasteiger partial charge in [0, 0.05) is 26.2 Å². The summed E-state index contributed by atoms with van der Waals surface area (Å²) in [5.74, 6) is -0.965. The van der Waals surface area contributed by atoms with Gasteiger partial charge in [0.15, 0.2) is 0 Å². The Labute approximate surface area is 125 Å². The van der Waals surface area contributed by atoms with Crippen LogP contribution in [0.3, 0.4) is 0 Å². The molecule has 118 valence electrons. The number of likely N-dealkylation sites (N-methyl/N-ethyl adjacent to an activating group) is 2. The molecule has 1 aliphatic rings. The highest BCUT2D eigenvalue weighted by atomic mass is 19.1. The Morgan fingerprint density at radius 2 is 2.00 bits per heavy atom. The van der Waals surface area contributed by atoms with Gasteiger partial charge < -0.3 is 10.2 Å². The molecule has 1 aromatic carbocycles. The normalized spacial score (nSPS) is 19.2. The quantitative estimate of drug-likeness (QED) is 0.871. The predicted molar refractivity (Wildman–Crippen MR) is 82.7 cm³/mol. The van der Waals surface area contributed by atoms with Crippen molar-refractivity contribution < 1.29 is 8.78 Å². The van der Waals surface area contributed by atoms with E-state index in [0.717, 1.165) is 19.5 Å². The minimum absolute atomic E-state index is 0.0813. The Morgan fingerprint density at radius 1 is 1.33 bits per heavy atom. The number of hydrogen-bond donors (Lipinski definition) is 1. The zero-order valence-corrected chi connectivity index (χ0v) is 13.1. The van der Waals surface area contributed by atoms with Gasteiger partial charge in [-0.1, -0.05) is 6.92 Å². The van der Waals surface area contributed by atoms with Crippen LogP contribution >= 0.6 is 0 Å². The van der Waals surface area contributed by atoms with E-state index in [0.29, 0.717) is 24.7 Å². The van der Waals surface area contributed by atoms with Crippen molar-refractivity contribution in [1.29, 1.82) is 0 Å². The Balaban J connectivity index is 2.13. The monoisotopic (exact) mass is 297 g/mol. The third kappa shape index (κ3) is 3.71. The average Bonchev–Trinajstić information content (AvgIpc) is 2.85. The lowest BCUT2D eigenvalue weighted by Gasteiger charge is -2.29. The van der Waals surface area contributed by atoms with Gasteiger partial charge >= 0.3 is 0 Å². The van der Waals surface area contributed by atoms with Crippen molar-refractivity contribution in [3.63, 3.8) is 0 Å². The van der Waals surface area contributed by atoms with E-state index in [1.165, 1.54) is 18.6 Å². The van der Waals surface area contributed by atoms with Crippen molar-refractivity contribution in [2.45, 2.75) is 32.4 Å². The summed E-state index contributed by atoms with van der Waals surface area (Å²) in [5, 5.41) is 2.91. The summed E-state index contributed by atoms with van der Waals surface area (Å²) < 4.78 is 28.4. The van der Waals surface area contributed by atoms with Crippen LogP contribution in [0.1, 0.15) is 25.3 Å². The molecule has 0 aliphatic carbocycles. The molecule has 0 radical (unpaired) electrons. The number of nitrogens with zero attached hydrogens (tertiary/aromatic N) is 2. The average molecular weight is 297 g/mol. The zero-order valence-electron chi connectivity index (χ0n) is 13.1. The summed E-state index contributed by atoms with van der Waals surface area (Å²) in [6, 6.07) is 3.21. The molecule has 0 spiro atoms. The van der Waals surface area contributed by atoms with Gasteiger partial charge in [0.05, 0.1) is 0 Å². The SMILES string of the molecule is CCN1CCCC1CN(C)c1c(F)cc(CNC)cc1F. The van der Waals surface area contributed by atoms with Crippen molar-refractivity contribution in [1.82, 2.24) is 10.2 Å². The molecule has 0 saturated carbocycles. The van der Waals surface area contributed by atoms with Crippen LogP contribution < -0.4 is 10.2 Å². The summed E-state index contributed by atoms with van der Waals surface area (Å²) in [6.07, 6.45) is 2.26. The lowest BCUT2D eigenvalue weighted by atomic mass is 10.1. The molecule has 21 heavy (non-hydrogen) atoms. The first kappa shape index (κ1) is 16.2. The van der Waals surface area contributed by atoms with Gasteiger partial charge in [0.1, 0.15) is 17.3 Å². The molecule has 1 N–H and O–H groups in total. The smallest absolute Gasteiger partial charge is 0.149 e. The molecular weight excluding hydrogens is 272 g/mol. The number of rotatable bonds is 6. The fraction of sp³-hybridized carbons (Fsp3) is 0.625. The van der Waals surface area contributed by atoms with Crippen LogP contribution in [0.25, 0.3) is 0 Å². The van der Waals surface area contributed by atoms with E-state index in [1.807, 2.05) is 0 Å². The molecule has 3 nitrogen and oxygen atoms in total. The lowest BCUT2D eigenvalue weighted by molar-refractivity contribution is 0.270. The maximum absolute atomic E-state index is 14.2. The number of halogens is 2. The standard InChI is InChI=1S/C16H25F2N3/c1-4-21-7-5-6-13(21)11-20(3)16-14(17)8-12(10-19-2)9-15(16)18/h8-9,13,19H,4-7,10-11H2,1-3H3. The van der Waals surface area contributed by atoms with E-state index in [-0.39, 0.29) is 5.69 Å². The van der Waals surface area contributed by atoms with E-state index >= 15 is 0 Å². The summed E-state index contributed by atoms with van der Waals surface area (Å²) in [7, 11) is 3.53. The fourth-order valence-electron chi connectivity index (χ4n) is 3.21. The van der Waals surface area contributed by atoms with Crippen LogP contribution in [0.5, 0.6) is 0 Å². The predicted octanol–water partition coefficient (Wildman–Crippen LogP) is 2.60. The van der Waals surface area contributed by atoms with Crippen LogP contribution in [0.2, 0.25) is 0 Å². The van der Waals surface area contributed by atoms with Crippen LogP contribution in [-0.2, 0) is 6.54 Å². The maximum atomic E-state index is 14.2. The topological polar surface area (TPSA) is 18.5 Å². The van der Waals surface area contributed by atoms with E-state index in [9.17, 15) is 8.78 Å². The van der Waals surface area contributed by atoms with E-state index in [1.54, 1.807) is 19.0 Å². The summed E-state index contributed by atoms with van der Waals surface area (Å²) in [5.41, 5.74) is 0.707. The largest absolute Gasteiger partial charge is 0.368 e. The lowest BCUT2D eigenvalue weighted by Crippen LogP contribution is -2.39. The highest BCUT2D eigenvalue weighted by Crippen LogP contribution is 2.26. The van der Waals surface area contributed by atoms with Gasteiger partial charge in [0.2, 0.25) is 0 Å². The minimum atomic E-state index is -0.483. The maximum Gasteiger partial charge on any atom is 0.149 e. The third-order valence-corrected chi connectivity index (χ3v) is 4.23. The van der Waals surface area contributed by atoms with E-state index in [4.69, 9.17) is 0 Å². The molecule has 1 atom stereocenters. The Bertz CT molecular complexity index is 456. The third-order valence-electron chi connectivity index (χ3n) is 4.23. The van der Waals surface area contributed by atoms with Crippen molar-refractivity contribution in [3.8, 4) is 0 Å². The summed E-state index contributed by atoms with van der Waals surface area (Å²) in [4.78, 5) is 4.09. The fourth-order valence-corrected chi connectivity index (χ4v) is 3.21. The molecule has 1 unspecified atom stereocenters. The summed E-state index contributed by atoms with van der Waals surface area (Å²) in [6.45, 7) is 5.33. The molecule has 5 heteroatoms. The van der Waals surface area contributed by atoms with Crippen molar-refractivity contribution >= 4 is 5.69 Å². The second-order valence-electron chi connectivity index (χ2n) is 5.74. The molecule has 2 rings (SSSR count). The van der Waals surface area contributed by atoms with Crippen LogP contribution in [0.4, 0.5) is 14.5 Å². The summed E-state index contributed by atoms with van der Waals surface area (Å²) >= 11 is 0. The van der Waals surface area contributed by atoms with Crippen molar-refractivity contribution in [3.05, 3.63) is 29.3 Å². The van der Waals surface area contributed by atoms with Crippen LogP contribution in [0.15, 0.2) is 12.1 Å². The van der Waals surface area contributed by atoms with E-state index in [2.05, 4.69) is 17.1 Å². The highest BCUT2D eigenvalue weighted by molar-refractivity contribution is 5.50. The van der Waals surface area contributed by atoms with Gasteiger partial charge in [0.25, 0.3) is 0 Å². The van der Waals surface area contributed by atoms with Crippen molar-refractivity contribution in [2.24, 2.45) is 0 Å². The van der Waals surface area contributed by atoms with Crippen LogP contribution in [-0.4, -0.2) is 44.7 Å². The van der Waals surface area contributed by atoms with Gasteiger partial charge in [-0.15, -0.1) is 0 Å². The zero-order chi connectivity index (χ0) is 15.4. The van der Waals surface area contributed by atoms with Crippen molar-refractivity contribution in [2.75, 3.05) is 38.6 Å². The molecule has 1 heterocycles. The first-order valence-corrected chi connectivity index (χ1v) is 7.64. The molecular formula is C16H25F2N3. The molecule has 1 aromatic rings. The molecule has 0 amide bonds. The number of nitrogens with one attached hydrogen (secondary N) is 1. The second kappa shape index (κ2) is 7.18. The number of anilines is 1. The molecule has 1 fully saturated rings. The van der Waals surface area contributed by atoms with E-state index < -0.39 is 11.6 Å². The Kier molecular flexibility index (Phi) is 5.53. The molecule has 1 saturated heterocycles. The molecule has 0 aromatic heterocycles. The Hall–Kier alpha value is -1.20. The van der Waals surface area contributed by atoms with Gasteiger partial charge in [-0.05, 0) is 50.7 Å². The van der Waals surface area contributed by atoms with Gasteiger partial charge in [-0.2, -0.15) is 0 Å². The number of likely N-dealkylation sites (tertiary alicyclic amines) is 1. The second-order valence-corrected chi connectivity index (χ2v) is 5.74. The minimum Gasteiger partial charge on any atom is -0.368 e. The molecule has 1 aliphatic heterocycles. The first-order chi connectivity index (χ1) is 10.1. The first-order valence-electron chi connectivity index (χ1n) is 7.64. The number of benzene rings is 1. The Morgan fingerprint density at radius 3 is 2.57 bits per heavy atom.